The molecule has 0 aromatic carbocycles. The molecule has 108 valence electrons. The number of nitrogens with one attached hydrogen (secondary N) is 1. The van der Waals surface area contributed by atoms with Crippen molar-refractivity contribution in [2.75, 3.05) is 18.1 Å². The second kappa shape index (κ2) is 4.64. The number of ether oxygens (including phenoxy) is 1. The summed E-state index contributed by atoms with van der Waals surface area (Å²) in [5.74, 6) is 2.47. The molecule has 2 heterocycles. The van der Waals surface area contributed by atoms with Gasteiger partial charge in [-0.3, -0.25) is 4.79 Å². The molecule has 0 aromatic rings. The van der Waals surface area contributed by atoms with Gasteiger partial charge in [0.25, 0.3) is 0 Å². The molecule has 3 rings (SSSR count). The van der Waals surface area contributed by atoms with Crippen LogP contribution < -0.4 is 11.1 Å². The summed E-state index contributed by atoms with van der Waals surface area (Å²) in [4.78, 5) is 12.7. The van der Waals surface area contributed by atoms with Gasteiger partial charge in [0.15, 0.2) is 0 Å². The highest BCUT2D eigenvalue weighted by Crippen LogP contribution is 2.58. The van der Waals surface area contributed by atoms with Crippen molar-refractivity contribution in [1.82, 2.24) is 5.32 Å². The predicted molar refractivity (Wildman–Crippen MR) is 77.0 cm³/mol. The third kappa shape index (κ3) is 1.85. The van der Waals surface area contributed by atoms with E-state index in [1.807, 2.05) is 11.8 Å². The first kappa shape index (κ1) is 13.7. The molecule has 0 radical (unpaired) electrons. The lowest BCUT2D eigenvalue weighted by molar-refractivity contribution is -0.175. The number of thioether (sulfide) groups is 1. The van der Waals surface area contributed by atoms with Crippen LogP contribution in [0.4, 0.5) is 0 Å². The zero-order valence-corrected chi connectivity index (χ0v) is 12.6. The molecule has 1 amide bonds. The zero-order valence-electron chi connectivity index (χ0n) is 11.8. The summed E-state index contributed by atoms with van der Waals surface area (Å²) < 4.78 is 5.74. The summed E-state index contributed by atoms with van der Waals surface area (Å²) in [6.45, 7) is 4.87. The summed E-state index contributed by atoms with van der Waals surface area (Å²) in [6, 6.07) is 0.295. The molecule has 5 heteroatoms. The molecule has 2 aliphatic heterocycles. The van der Waals surface area contributed by atoms with E-state index in [-0.39, 0.29) is 23.3 Å². The Bertz CT molecular complexity index is 382. The van der Waals surface area contributed by atoms with Crippen LogP contribution in [-0.2, 0) is 9.53 Å². The summed E-state index contributed by atoms with van der Waals surface area (Å²) >= 11 is 1.92. The number of carbonyl (C=O) groups excluding carboxylic acids is 1. The van der Waals surface area contributed by atoms with Crippen molar-refractivity contribution >= 4 is 17.7 Å². The molecule has 4 unspecified atom stereocenters. The second-order valence-electron chi connectivity index (χ2n) is 6.66. The van der Waals surface area contributed by atoms with Crippen LogP contribution in [0.1, 0.15) is 33.1 Å². The van der Waals surface area contributed by atoms with Crippen LogP contribution in [0.15, 0.2) is 0 Å². The number of rotatable bonds is 2. The van der Waals surface area contributed by atoms with Crippen LogP contribution in [0.5, 0.6) is 0 Å². The van der Waals surface area contributed by atoms with E-state index in [4.69, 9.17) is 10.5 Å². The molecular weight excluding hydrogens is 260 g/mol. The van der Waals surface area contributed by atoms with Crippen LogP contribution >= 0.6 is 11.8 Å². The van der Waals surface area contributed by atoms with Gasteiger partial charge in [-0.05, 0) is 25.0 Å². The lowest BCUT2D eigenvalue weighted by Crippen LogP contribution is -2.80. The Morgan fingerprint density at radius 2 is 2.21 bits per heavy atom. The van der Waals surface area contributed by atoms with Crippen molar-refractivity contribution in [3.63, 3.8) is 0 Å². The molecule has 3 N–H and O–H groups in total. The fraction of sp³-hybridized carbons (Fsp3) is 0.929. The van der Waals surface area contributed by atoms with Gasteiger partial charge in [0.1, 0.15) is 5.54 Å². The van der Waals surface area contributed by atoms with Crippen LogP contribution in [0, 0.1) is 11.3 Å². The van der Waals surface area contributed by atoms with Crippen molar-refractivity contribution in [3.8, 4) is 0 Å². The monoisotopic (exact) mass is 284 g/mol. The molecule has 0 spiro atoms. The summed E-state index contributed by atoms with van der Waals surface area (Å²) in [6.07, 6.45) is 3.34. The number of hydrogen-bond donors (Lipinski definition) is 2. The van der Waals surface area contributed by atoms with Crippen molar-refractivity contribution in [3.05, 3.63) is 0 Å². The Hall–Kier alpha value is -0.260. The predicted octanol–water partition coefficient (Wildman–Crippen LogP) is 1.14. The largest absolute Gasteiger partial charge is 0.377 e. The molecule has 3 aliphatic rings. The highest BCUT2D eigenvalue weighted by molar-refractivity contribution is 7.99. The molecule has 4 atom stereocenters. The van der Waals surface area contributed by atoms with Gasteiger partial charge in [-0.2, -0.15) is 11.8 Å². The Kier molecular flexibility index (Phi) is 3.35. The van der Waals surface area contributed by atoms with Gasteiger partial charge in [0.2, 0.25) is 5.91 Å². The van der Waals surface area contributed by atoms with Gasteiger partial charge in [0.05, 0.1) is 6.10 Å². The summed E-state index contributed by atoms with van der Waals surface area (Å²) in [7, 11) is 0. The van der Waals surface area contributed by atoms with E-state index in [1.165, 1.54) is 12.2 Å². The van der Waals surface area contributed by atoms with E-state index >= 15 is 0 Å². The second-order valence-corrected chi connectivity index (χ2v) is 7.81. The maximum Gasteiger partial charge on any atom is 0.241 e. The van der Waals surface area contributed by atoms with Crippen LogP contribution in [0.25, 0.3) is 0 Å². The first-order valence-corrected chi connectivity index (χ1v) is 8.42. The van der Waals surface area contributed by atoms with E-state index in [2.05, 4.69) is 19.2 Å². The zero-order chi connectivity index (χ0) is 13.7. The number of nitrogens with two attached hydrogens (primary N) is 1. The van der Waals surface area contributed by atoms with Crippen LogP contribution in [-0.4, -0.2) is 41.7 Å². The lowest BCUT2D eigenvalue weighted by Gasteiger charge is -2.60. The van der Waals surface area contributed by atoms with Crippen LogP contribution in [0.3, 0.4) is 0 Å². The summed E-state index contributed by atoms with van der Waals surface area (Å²) in [5.41, 5.74) is 5.51. The van der Waals surface area contributed by atoms with E-state index in [0.29, 0.717) is 6.04 Å². The fourth-order valence-corrected chi connectivity index (χ4v) is 5.08. The van der Waals surface area contributed by atoms with E-state index in [0.717, 1.165) is 25.2 Å². The van der Waals surface area contributed by atoms with Gasteiger partial charge >= 0.3 is 0 Å². The fourth-order valence-electron chi connectivity index (χ4n) is 4.00. The lowest BCUT2D eigenvalue weighted by atomic mass is 9.48. The van der Waals surface area contributed by atoms with E-state index in [1.54, 1.807) is 0 Å². The molecule has 4 nitrogen and oxygen atoms in total. The average molecular weight is 284 g/mol. The molecule has 3 fully saturated rings. The normalized spacial score (nSPS) is 44.3. The molecular formula is C14H24N2O2S. The standard InChI is InChI=1S/C14H24N2O2S/c1-13(2)11-10(5-6-18-11)14(13,15)12(17)16-9-4-3-7-19-8-9/h9-11H,3-8,15H2,1-2H3,(H,16,17). The van der Waals surface area contributed by atoms with Gasteiger partial charge in [-0.25, -0.2) is 0 Å². The molecule has 0 aromatic heterocycles. The van der Waals surface area contributed by atoms with E-state index < -0.39 is 5.54 Å². The van der Waals surface area contributed by atoms with Crippen molar-refractivity contribution in [2.24, 2.45) is 17.1 Å². The maximum atomic E-state index is 12.7. The molecule has 1 aliphatic carbocycles. The Morgan fingerprint density at radius 3 is 2.89 bits per heavy atom. The van der Waals surface area contributed by atoms with Gasteiger partial charge in [-0.15, -0.1) is 0 Å². The van der Waals surface area contributed by atoms with Crippen LogP contribution in [0.2, 0.25) is 0 Å². The topological polar surface area (TPSA) is 64.3 Å². The number of carbonyl (C=O) groups is 1. The minimum Gasteiger partial charge on any atom is -0.377 e. The van der Waals surface area contributed by atoms with Gasteiger partial charge in [-0.1, -0.05) is 13.8 Å². The number of hydrogen-bond acceptors (Lipinski definition) is 4. The number of amides is 1. The number of fused-ring (bicyclic) bond motifs is 1. The van der Waals surface area contributed by atoms with Crippen molar-refractivity contribution in [2.45, 2.75) is 50.8 Å². The highest BCUT2D eigenvalue weighted by atomic mass is 32.2. The van der Waals surface area contributed by atoms with Crippen molar-refractivity contribution in [1.29, 1.82) is 0 Å². The first-order chi connectivity index (χ1) is 8.98. The smallest absolute Gasteiger partial charge is 0.241 e. The maximum absolute atomic E-state index is 12.7. The minimum absolute atomic E-state index is 0.0387. The van der Waals surface area contributed by atoms with Gasteiger partial charge < -0.3 is 15.8 Å². The molecule has 2 saturated heterocycles. The van der Waals surface area contributed by atoms with Crippen molar-refractivity contribution < 1.29 is 9.53 Å². The quantitative estimate of drug-likeness (QED) is 0.798. The molecule has 0 bridgehead atoms. The Labute approximate surface area is 119 Å². The van der Waals surface area contributed by atoms with E-state index in [9.17, 15) is 4.79 Å². The average Bonchev–Trinajstić information content (AvgIpc) is 2.87. The molecule has 19 heavy (non-hydrogen) atoms. The Balaban J connectivity index is 1.71. The SMILES string of the molecule is CC1(C)C2OCCC2C1(N)C(=O)NC1CCCSC1. The first-order valence-electron chi connectivity index (χ1n) is 7.27. The summed E-state index contributed by atoms with van der Waals surface area (Å²) in [5, 5.41) is 3.19. The Morgan fingerprint density at radius 1 is 1.42 bits per heavy atom. The third-order valence-electron chi connectivity index (χ3n) is 5.33. The minimum atomic E-state index is -0.754. The molecule has 1 saturated carbocycles. The van der Waals surface area contributed by atoms with Gasteiger partial charge in [0, 0.05) is 29.7 Å². The highest BCUT2D eigenvalue weighted by Gasteiger charge is 2.71. The third-order valence-corrected chi connectivity index (χ3v) is 6.54.